The van der Waals surface area contributed by atoms with E-state index in [-0.39, 0.29) is 5.91 Å². The van der Waals surface area contributed by atoms with Crippen molar-refractivity contribution in [2.75, 3.05) is 12.3 Å². The number of carbonyl (C=O) groups is 1. The summed E-state index contributed by atoms with van der Waals surface area (Å²) in [5, 5.41) is 14.5. The number of nitrogens with two attached hydrogens (primary N) is 1. The van der Waals surface area contributed by atoms with Gasteiger partial charge in [0.05, 0.1) is 24.1 Å². The van der Waals surface area contributed by atoms with Gasteiger partial charge in [-0.25, -0.2) is 0 Å². The highest BCUT2D eigenvalue weighted by Gasteiger charge is 2.18. The van der Waals surface area contributed by atoms with Crippen LogP contribution in [0.2, 0.25) is 0 Å². The van der Waals surface area contributed by atoms with Crippen molar-refractivity contribution in [2.24, 2.45) is 0 Å². The molecule has 3 N–H and O–H groups in total. The molecule has 0 saturated heterocycles. The second-order valence-corrected chi connectivity index (χ2v) is 4.09. The van der Waals surface area contributed by atoms with Crippen molar-refractivity contribution in [1.82, 2.24) is 30.1 Å². The Morgan fingerprint density at radius 1 is 1.53 bits per heavy atom. The molecule has 2 aromatic heterocycles. The van der Waals surface area contributed by atoms with Gasteiger partial charge in [0.2, 0.25) is 0 Å². The van der Waals surface area contributed by atoms with Crippen LogP contribution in [0.15, 0.2) is 12.4 Å². The van der Waals surface area contributed by atoms with E-state index in [1.807, 2.05) is 6.92 Å². The van der Waals surface area contributed by atoms with E-state index in [1.54, 1.807) is 28.7 Å². The summed E-state index contributed by atoms with van der Waals surface area (Å²) in [5.41, 5.74) is 7.39. The maximum Gasteiger partial charge on any atom is 0.271 e. The van der Waals surface area contributed by atoms with Gasteiger partial charge >= 0.3 is 0 Å². The highest BCUT2D eigenvalue weighted by atomic mass is 16.2. The zero-order chi connectivity index (χ0) is 13.8. The van der Waals surface area contributed by atoms with Gasteiger partial charge in [0.25, 0.3) is 5.91 Å². The molecule has 8 nitrogen and oxygen atoms in total. The van der Waals surface area contributed by atoms with Crippen molar-refractivity contribution >= 4 is 11.6 Å². The Balaban J connectivity index is 2.00. The molecule has 19 heavy (non-hydrogen) atoms. The van der Waals surface area contributed by atoms with Crippen LogP contribution in [-0.4, -0.2) is 37.2 Å². The van der Waals surface area contributed by atoms with Gasteiger partial charge in [0.1, 0.15) is 5.69 Å². The molecule has 102 valence electrons. The fraction of sp³-hybridized carbons (Fsp3) is 0.455. The second-order valence-electron chi connectivity index (χ2n) is 4.09. The number of nitrogens with zero attached hydrogens (tertiary/aromatic N) is 5. The predicted octanol–water partition coefficient (Wildman–Crippen LogP) is -0.185. The first-order valence-electron chi connectivity index (χ1n) is 6.08. The van der Waals surface area contributed by atoms with E-state index in [0.29, 0.717) is 36.7 Å². The molecule has 0 radical (unpaired) electrons. The highest BCUT2D eigenvalue weighted by Crippen LogP contribution is 2.15. The van der Waals surface area contributed by atoms with Gasteiger partial charge in [-0.2, -0.15) is 5.10 Å². The number of hydrogen-bond donors (Lipinski definition) is 2. The monoisotopic (exact) mass is 263 g/mol. The van der Waals surface area contributed by atoms with Crippen molar-refractivity contribution in [3.05, 3.63) is 23.8 Å². The standard InChI is InChI=1S/C11H17N7O/c1-3-18-10(9(12)8(2)15-18)11(19)13-4-6-17-7-5-14-16-17/h5,7H,3-4,6,12H2,1-2H3,(H,13,19). The van der Waals surface area contributed by atoms with Crippen molar-refractivity contribution in [2.45, 2.75) is 26.9 Å². The van der Waals surface area contributed by atoms with Gasteiger partial charge in [-0.15, -0.1) is 5.10 Å². The first-order chi connectivity index (χ1) is 9.13. The summed E-state index contributed by atoms with van der Waals surface area (Å²) in [5.74, 6) is -0.222. The van der Waals surface area contributed by atoms with Crippen LogP contribution in [0.25, 0.3) is 0 Å². The molecule has 2 heterocycles. The zero-order valence-electron chi connectivity index (χ0n) is 11.0. The Kier molecular flexibility index (Phi) is 3.79. The highest BCUT2D eigenvalue weighted by molar-refractivity contribution is 5.97. The number of hydrogen-bond acceptors (Lipinski definition) is 5. The fourth-order valence-corrected chi connectivity index (χ4v) is 1.78. The van der Waals surface area contributed by atoms with E-state index in [1.165, 1.54) is 0 Å². The topological polar surface area (TPSA) is 104 Å². The van der Waals surface area contributed by atoms with Crippen LogP contribution in [0, 0.1) is 6.92 Å². The van der Waals surface area contributed by atoms with E-state index < -0.39 is 0 Å². The Morgan fingerprint density at radius 3 is 2.95 bits per heavy atom. The molecule has 0 aliphatic heterocycles. The van der Waals surface area contributed by atoms with Crippen LogP contribution in [0.3, 0.4) is 0 Å². The van der Waals surface area contributed by atoms with Crippen molar-refractivity contribution in [3.8, 4) is 0 Å². The van der Waals surface area contributed by atoms with Gasteiger partial charge < -0.3 is 11.1 Å². The lowest BCUT2D eigenvalue weighted by molar-refractivity contribution is 0.0942. The Hall–Kier alpha value is -2.38. The van der Waals surface area contributed by atoms with Crippen LogP contribution in [0.5, 0.6) is 0 Å². The third-order valence-corrected chi connectivity index (χ3v) is 2.79. The van der Waals surface area contributed by atoms with Crippen molar-refractivity contribution < 1.29 is 4.79 Å². The third-order valence-electron chi connectivity index (χ3n) is 2.79. The SMILES string of the molecule is CCn1nc(C)c(N)c1C(=O)NCCn1ccnn1. The molecule has 2 aromatic rings. The van der Waals surface area contributed by atoms with Crippen LogP contribution < -0.4 is 11.1 Å². The van der Waals surface area contributed by atoms with Crippen LogP contribution in [-0.2, 0) is 13.1 Å². The van der Waals surface area contributed by atoms with Gasteiger partial charge in [0, 0.05) is 19.3 Å². The smallest absolute Gasteiger partial charge is 0.271 e. The number of rotatable bonds is 5. The third kappa shape index (κ3) is 2.72. The molecule has 0 spiro atoms. The molecule has 8 heteroatoms. The summed E-state index contributed by atoms with van der Waals surface area (Å²) < 4.78 is 3.25. The first-order valence-corrected chi connectivity index (χ1v) is 6.08. The average molecular weight is 263 g/mol. The number of aromatic nitrogens is 5. The first kappa shape index (κ1) is 13.1. The molecule has 0 fully saturated rings. The lowest BCUT2D eigenvalue weighted by Gasteiger charge is -2.07. The van der Waals surface area contributed by atoms with Gasteiger partial charge in [-0.05, 0) is 13.8 Å². The molecule has 0 aromatic carbocycles. The normalized spacial score (nSPS) is 10.6. The fourth-order valence-electron chi connectivity index (χ4n) is 1.78. The van der Waals surface area contributed by atoms with E-state index in [0.717, 1.165) is 0 Å². The molecular weight excluding hydrogens is 246 g/mol. The quantitative estimate of drug-likeness (QED) is 0.778. The van der Waals surface area contributed by atoms with Crippen molar-refractivity contribution in [3.63, 3.8) is 0 Å². The van der Waals surface area contributed by atoms with Gasteiger partial charge in [0.15, 0.2) is 0 Å². The Morgan fingerprint density at radius 2 is 2.32 bits per heavy atom. The van der Waals surface area contributed by atoms with Crippen LogP contribution in [0.1, 0.15) is 23.1 Å². The minimum atomic E-state index is -0.222. The van der Waals surface area contributed by atoms with E-state index >= 15 is 0 Å². The molecule has 2 rings (SSSR count). The van der Waals surface area contributed by atoms with E-state index in [9.17, 15) is 4.79 Å². The Bertz CT molecular complexity index is 558. The number of nitrogen functional groups attached to an aromatic ring is 1. The molecule has 0 saturated carbocycles. The van der Waals surface area contributed by atoms with Crippen LogP contribution in [0.4, 0.5) is 5.69 Å². The predicted molar refractivity (Wildman–Crippen MR) is 69.4 cm³/mol. The summed E-state index contributed by atoms with van der Waals surface area (Å²) in [6.45, 7) is 5.32. The summed E-state index contributed by atoms with van der Waals surface area (Å²) in [7, 11) is 0. The maximum absolute atomic E-state index is 12.1. The Labute approximate surface area is 110 Å². The summed E-state index contributed by atoms with van der Waals surface area (Å²) in [6, 6.07) is 0. The number of anilines is 1. The molecule has 0 atom stereocenters. The summed E-state index contributed by atoms with van der Waals surface area (Å²) >= 11 is 0. The van der Waals surface area contributed by atoms with E-state index in [2.05, 4.69) is 20.7 Å². The lowest BCUT2D eigenvalue weighted by Crippen LogP contribution is -2.30. The lowest BCUT2D eigenvalue weighted by atomic mass is 10.3. The number of amides is 1. The van der Waals surface area contributed by atoms with E-state index in [4.69, 9.17) is 5.73 Å². The molecule has 0 aliphatic rings. The molecule has 0 aliphatic carbocycles. The number of carbonyl (C=O) groups excluding carboxylic acids is 1. The number of nitrogens with one attached hydrogen (secondary N) is 1. The molecule has 0 bridgehead atoms. The minimum Gasteiger partial charge on any atom is -0.395 e. The average Bonchev–Trinajstić information content (AvgIpc) is 2.99. The van der Waals surface area contributed by atoms with Gasteiger partial charge in [-0.1, -0.05) is 5.21 Å². The van der Waals surface area contributed by atoms with Crippen molar-refractivity contribution in [1.29, 1.82) is 0 Å². The second kappa shape index (κ2) is 5.51. The van der Waals surface area contributed by atoms with Gasteiger partial charge in [-0.3, -0.25) is 14.2 Å². The summed E-state index contributed by atoms with van der Waals surface area (Å²) in [4.78, 5) is 12.1. The zero-order valence-corrected chi connectivity index (χ0v) is 11.0. The van der Waals surface area contributed by atoms with Crippen LogP contribution >= 0.6 is 0 Å². The largest absolute Gasteiger partial charge is 0.395 e. The molecule has 1 amide bonds. The number of aryl methyl sites for hydroxylation is 2. The molecule has 0 unspecified atom stereocenters. The minimum absolute atomic E-state index is 0.222. The maximum atomic E-state index is 12.1. The molecular formula is C11H17N7O. The summed E-state index contributed by atoms with van der Waals surface area (Å²) in [6.07, 6.45) is 3.33.